The minimum Gasteiger partial charge on any atom is -0.378 e. The van der Waals surface area contributed by atoms with Gasteiger partial charge in [-0.3, -0.25) is 0 Å². The van der Waals surface area contributed by atoms with Crippen LogP contribution in [0.2, 0.25) is 5.02 Å². The lowest BCUT2D eigenvalue weighted by Crippen LogP contribution is -2.38. The van der Waals surface area contributed by atoms with Crippen molar-refractivity contribution in [1.29, 1.82) is 0 Å². The van der Waals surface area contributed by atoms with Gasteiger partial charge in [0.05, 0.1) is 6.10 Å². The number of halogens is 1. The van der Waals surface area contributed by atoms with Gasteiger partial charge in [-0.25, -0.2) is 0 Å². The quantitative estimate of drug-likeness (QED) is 0.891. The summed E-state index contributed by atoms with van der Waals surface area (Å²) in [6.45, 7) is 3.06. The second-order valence-corrected chi connectivity index (χ2v) is 5.19. The van der Waals surface area contributed by atoms with Gasteiger partial charge in [0.1, 0.15) is 0 Å². The second kappa shape index (κ2) is 5.85. The normalized spacial score (nSPS) is 26.1. The molecule has 2 nitrogen and oxygen atoms in total. The molecule has 17 heavy (non-hydrogen) atoms. The van der Waals surface area contributed by atoms with Crippen LogP contribution in [0.5, 0.6) is 0 Å². The molecule has 0 aromatic heterocycles. The third kappa shape index (κ3) is 3.21. The fourth-order valence-corrected chi connectivity index (χ4v) is 2.87. The first kappa shape index (κ1) is 12.9. The third-order valence-corrected chi connectivity index (χ3v) is 3.90. The topological polar surface area (TPSA) is 21.3 Å². The van der Waals surface area contributed by atoms with Crippen LogP contribution in [0, 0.1) is 5.92 Å². The van der Waals surface area contributed by atoms with Crippen molar-refractivity contribution < 1.29 is 4.74 Å². The molecule has 0 amide bonds. The Morgan fingerprint density at radius 2 is 2.35 bits per heavy atom. The van der Waals surface area contributed by atoms with Gasteiger partial charge in [0.15, 0.2) is 0 Å². The molecule has 3 unspecified atom stereocenters. The first-order chi connectivity index (χ1) is 8.20. The molecule has 1 aliphatic heterocycles. The SMILES string of the molecule is CNC(Cc1cccc(Cl)c1)C1CCOC1C. The van der Waals surface area contributed by atoms with Crippen LogP contribution in [-0.4, -0.2) is 25.8 Å². The van der Waals surface area contributed by atoms with Crippen molar-refractivity contribution in [2.45, 2.75) is 31.9 Å². The van der Waals surface area contributed by atoms with Crippen molar-refractivity contribution in [3.63, 3.8) is 0 Å². The summed E-state index contributed by atoms with van der Waals surface area (Å²) in [5, 5.41) is 4.23. The Hall–Kier alpha value is -0.570. The maximum absolute atomic E-state index is 6.01. The predicted molar refractivity (Wildman–Crippen MR) is 71.5 cm³/mol. The van der Waals surface area contributed by atoms with Gasteiger partial charge in [-0.2, -0.15) is 0 Å². The van der Waals surface area contributed by atoms with E-state index in [9.17, 15) is 0 Å². The highest BCUT2D eigenvalue weighted by Gasteiger charge is 2.30. The highest BCUT2D eigenvalue weighted by molar-refractivity contribution is 6.30. The molecule has 94 valence electrons. The summed E-state index contributed by atoms with van der Waals surface area (Å²) in [5.74, 6) is 0.596. The van der Waals surface area contributed by atoms with Crippen molar-refractivity contribution in [3.8, 4) is 0 Å². The first-order valence-electron chi connectivity index (χ1n) is 6.24. The van der Waals surface area contributed by atoms with E-state index in [1.54, 1.807) is 0 Å². The number of likely N-dealkylation sites (N-methyl/N-ethyl adjacent to an activating group) is 1. The molecule has 0 aliphatic carbocycles. The van der Waals surface area contributed by atoms with Crippen molar-refractivity contribution in [2.24, 2.45) is 5.92 Å². The van der Waals surface area contributed by atoms with Gasteiger partial charge in [0.25, 0.3) is 0 Å². The van der Waals surface area contributed by atoms with E-state index in [4.69, 9.17) is 16.3 Å². The van der Waals surface area contributed by atoms with Gasteiger partial charge in [-0.1, -0.05) is 23.7 Å². The number of rotatable bonds is 4. The highest BCUT2D eigenvalue weighted by atomic mass is 35.5. The summed E-state index contributed by atoms with van der Waals surface area (Å²) in [4.78, 5) is 0. The Labute approximate surface area is 108 Å². The predicted octanol–water partition coefficient (Wildman–Crippen LogP) is 2.90. The van der Waals surface area contributed by atoms with Gasteiger partial charge in [-0.05, 0) is 44.5 Å². The van der Waals surface area contributed by atoms with Crippen LogP contribution >= 0.6 is 11.6 Å². The van der Waals surface area contributed by atoms with Crippen molar-refractivity contribution in [1.82, 2.24) is 5.32 Å². The van der Waals surface area contributed by atoms with E-state index >= 15 is 0 Å². The standard InChI is InChI=1S/C14H20ClNO/c1-10-13(6-7-17-10)14(16-2)9-11-4-3-5-12(15)8-11/h3-5,8,10,13-14,16H,6-7,9H2,1-2H3. The fraction of sp³-hybridized carbons (Fsp3) is 0.571. The Balaban J connectivity index is 2.04. The zero-order valence-corrected chi connectivity index (χ0v) is 11.2. The summed E-state index contributed by atoms with van der Waals surface area (Å²) in [6.07, 6.45) is 2.51. The van der Waals surface area contributed by atoms with Crippen molar-refractivity contribution in [3.05, 3.63) is 34.9 Å². The molecule has 0 saturated carbocycles. The molecular weight excluding hydrogens is 234 g/mol. The third-order valence-electron chi connectivity index (χ3n) is 3.67. The Morgan fingerprint density at radius 1 is 1.53 bits per heavy atom. The molecule has 0 bridgehead atoms. The average molecular weight is 254 g/mol. The number of hydrogen-bond acceptors (Lipinski definition) is 2. The van der Waals surface area contributed by atoms with E-state index in [1.807, 2.05) is 25.2 Å². The van der Waals surface area contributed by atoms with Crippen molar-refractivity contribution >= 4 is 11.6 Å². The van der Waals surface area contributed by atoms with Crippen LogP contribution in [0.25, 0.3) is 0 Å². The Bertz CT molecular complexity index is 369. The lowest BCUT2D eigenvalue weighted by molar-refractivity contribution is 0.0963. The minimum absolute atomic E-state index is 0.353. The fourth-order valence-electron chi connectivity index (χ4n) is 2.66. The second-order valence-electron chi connectivity index (χ2n) is 4.76. The van der Waals surface area contributed by atoms with Crippen LogP contribution in [-0.2, 0) is 11.2 Å². The lowest BCUT2D eigenvalue weighted by Gasteiger charge is -2.25. The van der Waals surface area contributed by atoms with Crippen LogP contribution in [0.15, 0.2) is 24.3 Å². The largest absolute Gasteiger partial charge is 0.378 e. The van der Waals surface area contributed by atoms with Gasteiger partial charge in [0, 0.05) is 23.6 Å². The van der Waals surface area contributed by atoms with Crippen LogP contribution in [0.4, 0.5) is 0 Å². The Morgan fingerprint density at radius 3 is 2.94 bits per heavy atom. The number of ether oxygens (including phenoxy) is 1. The molecule has 1 aromatic rings. The molecule has 0 radical (unpaired) electrons. The van der Waals surface area contributed by atoms with E-state index in [0.717, 1.165) is 24.5 Å². The summed E-state index contributed by atoms with van der Waals surface area (Å²) in [6, 6.07) is 8.58. The zero-order chi connectivity index (χ0) is 12.3. The maximum atomic E-state index is 6.01. The van der Waals surface area contributed by atoms with Crippen LogP contribution < -0.4 is 5.32 Å². The van der Waals surface area contributed by atoms with E-state index in [2.05, 4.69) is 18.3 Å². The van der Waals surface area contributed by atoms with E-state index < -0.39 is 0 Å². The highest BCUT2D eigenvalue weighted by Crippen LogP contribution is 2.26. The Kier molecular flexibility index (Phi) is 4.43. The molecule has 1 fully saturated rings. The molecule has 1 N–H and O–H groups in total. The zero-order valence-electron chi connectivity index (χ0n) is 10.4. The minimum atomic E-state index is 0.353. The molecule has 1 saturated heterocycles. The van der Waals surface area contributed by atoms with E-state index in [0.29, 0.717) is 18.1 Å². The number of hydrogen-bond donors (Lipinski definition) is 1. The van der Waals surface area contributed by atoms with Gasteiger partial charge >= 0.3 is 0 Å². The summed E-state index contributed by atoms with van der Waals surface area (Å²) in [7, 11) is 2.03. The summed E-state index contributed by atoms with van der Waals surface area (Å²) < 4.78 is 5.64. The molecule has 1 heterocycles. The van der Waals surface area contributed by atoms with E-state index in [1.165, 1.54) is 5.56 Å². The van der Waals surface area contributed by atoms with Crippen molar-refractivity contribution in [2.75, 3.05) is 13.7 Å². The average Bonchev–Trinajstić information content (AvgIpc) is 2.72. The molecule has 2 rings (SSSR count). The molecule has 3 heteroatoms. The van der Waals surface area contributed by atoms with Crippen LogP contribution in [0.3, 0.4) is 0 Å². The first-order valence-corrected chi connectivity index (χ1v) is 6.62. The smallest absolute Gasteiger partial charge is 0.0590 e. The van der Waals surface area contributed by atoms with Gasteiger partial charge in [-0.15, -0.1) is 0 Å². The molecule has 1 aliphatic rings. The molecule has 3 atom stereocenters. The summed E-state index contributed by atoms with van der Waals surface area (Å²) >= 11 is 6.01. The molecule has 1 aromatic carbocycles. The maximum Gasteiger partial charge on any atom is 0.0590 e. The van der Waals surface area contributed by atoms with Crippen LogP contribution in [0.1, 0.15) is 18.9 Å². The molecular formula is C14H20ClNO. The lowest BCUT2D eigenvalue weighted by atomic mass is 9.89. The van der Waals surface area contributed by atoms with Gasteiger partial charge < -0.3 is 10.1 Å². The monoisotopic (exact) mass is 253 g/mol. The molecule has 0 spiro atoms. The number of benzene rings is 1. The van der Waals surface area contributed by atoms with E-state index in [-0.39, 0.29) is 0 Å². The number of nitrogens with one attached hydrogen (secondary N) is 1. The van der Waals surface area contributed by atoms with Gasteiger partial charge in [0.2, 0.25) is 0 Å². The summed E-state index contributed by atoms with van der Waals surface area (Å²) in [5.41, 5.74) is 1.29.